The van der Waals surface area contributed by atoms with Gasteiger partial charge in [-0.15, -0.1) is 12.4 Å². The van der Waals surface area contributed by atoms with Crippen molar-refractivity contribution < 1.29 is 19.1 Å². The molecule has 8 nitrogen and oxygen atoms in total. The summed E-state index contributed by atoms with van der Waals surface area (Å²) in [5, 5.41) is 10.4. The number of benzene rings is 2. The molecule has 1 saturated heterocycles. The molecule has 1 heterocycles. The standard InChI is InChI=1S/C22H24N4O4.ClH/c1-26-17(11-18(21(26)28)22(29)30-2)12-25-20(27)14-8-6-13(7-9-14)15-4-3-5-16(10-15)19(23)24;/h3-10,17-18H,11-12H2,1-2H3,(H3,23,24)(H,25,27);1H/t17-,18-;/m0./s1. The summed E-state index contributed by atoms with van der Waals surface area (Å²) in [6, 6.07) is 14.1. The van der Waals surface area contributed by atoms with Gasteiger partial charge in [-0.1, -0.05) is 30.3 Å². The highest BCUT2D eigenvalue weighted by Gasteiger charge is 2.42. The van der Waals surface area contributed by atoms with Gasteiger partial charge >= 0.3 is 5.97 Å². The first-order valence-electron chi connectivity index (χ1n) is 9.49. The largest absolute Gasteiger partial charge is 0.468 e. The van der Waals surface area contributed by atoms with Gasteiger partial charge in [0.15, 0.2) is 0 Å². The molecule has 0 radical (unpaired) electrons. The van der Waals surface area contributed by atoms with Crippen molar-refractivity contribution in [2.75, 3.05) is 20.7 Å². The van der Waals surface area contributed by atoms with Gasteiger partial charge in [0, 0.05) is 24.7 Å². The van der Waals surface area contributed by atoms with Crippen LogP contribution in [0.1, 0.15) is 22.3 Å². The van der Waals surface area contributed by atoms with Crippen LogP contribution in [0, 0.1) is 11.3 Å². The number of ether oxygens (including phenoxy) is 1. The van der Waals surface area contributed by atoms with E-state index in [1.54, 1.807) is 25.2 Å². The molecule has 0 unspecified atom stereocenters. The highest BCUT2D eigenvalue weighted by molar-refractivity contribution is 6.00. The highest BCUT2D eigenvalue weighted by Crippen LogP contribution is 2.24. The van der Waals surface area contributed by atoms with E-state index in [-0.39, 0.29) is 42.6 Å². The van der Waals surface area contributed by atoms with Gasteiger partial charge in [-0.3, -0.25) is 19.8 Å². The fourth-order valence-electron chi connectivity index (χ4n) is 3.51. The van der Waals surface area contributed by atoms with Crippen LogP contribution in [0.25, 0.3) is 11.1 Å². The highest BCUT2D eigenvalue weighted by atomic mass is 35.5. The number of nitrogens with one attached hydrogen (secondary N) is 2. The van der Waals surface area contributed by atoms with Gasteiger partial charge in [-0.05, 0) is 35.7 Å². The van der Waals surface area contributed by atoms with Crippen LogP contribution in [0.3, 0.4) is 0 Å². The van der Waals surface area contributed by atoms with Gasteiger partial charge in [-0.25, -0.2) is 0 Å². The topological polar surface area (TPSA) is 126 Å². The van der Waals surface area contributed by atoms with E-state index >= 15 is 0 Å². The minimum atomic E-state index is -0.813. The van der Waals surface area contributed by atoms with Gasteiger partial charge < -0.3 is 20.7 Å². The summed E-state index contributed by atoms with van der Waals surface area (Å²) >= 11 is 0. The van der Waals surface area contributed by atoms with Gasteiger partial charge in [0.2, 0.25) is 5.91 Å². The summed E-state index contributed by atoms with van der Waals surface area (Å²) in [7, 11) is 2.87. The molecule has 2 amide bonds. The Morgan fingerprint density at radius 2 is 1.84 bits per heavy atom. The maximum atomic E-state index is 12.5. The lowest BCUT2D eigenvalue weighted by Crippen LogP contribution is -2.39. The number of halogens is 1. The molecule has 164 valence electrons. The van der Waals surface area contributed by atoms with Crippen LogP contribution >= 0.6 is 12.4 Å². The van der Waals surface area contributed by atoms with Crippen molar-refractivity contribution in [3.63, 3.8) is 0 Å². The van der Waals surface area contributed by atoms with E-state index in [4.69, 9.17) is 11.1 Å². The number of methoxy groups -OCH3 is 1. The zero-order valence-corrected chi connectivity index (χ0v) is 18.1. The monoisotopic (exact) mass is 444 g/mol. The lowest BCUT2D eigenvalue weighted by molar-refractivity contribution is -0.150. The van der Waals surface area contributed by atoms with E-state index in [0.717, 1.165) is 11.1 Å². The predicted octanol–water partition coefficient (Wildman–Crippen LogP) is 1.81. The average molecular weight is 445 g/mol. The molecule has 2 aromatic rings. The molecule has 0 saturated carbocycles. The van der Waals surface area contributed by atoms with Crippen molar-refractivity contribution in [2.45, 2.75) is 12.5 Å². The van der Waals surface area contributed by atoms with E-state index in [1.807, 2.05) is 30.3 Å². The maximum absolute atomic E-state index is 12.5. The lowest BCUT2D eigenvalue weighted by Gasteiger charge is -2.19. The van der Waals surface area contributed by atoms with Crippen molar-refractivity contribution in [3.05, 3.63) is 59.7 Å². The average Bonchev–Trinajstić information content (AvgIpc) is 3.05. The molecule has 0 aromatic heterocycles. The summed E-state index contributed by atoms with van der Waals surface area (Å²) in [5.74, 6) is -1.92. The zero-order chi connectivity index (χ0) is 21.8. The van der Waals surface area contributed by atoms with Crippen LogP contribution in [-0.4, -0.2) is 55.3 Å². The Hall–Kier alpha value is -3.39. The quantitative estimate of drug-likeness (QED) is 0.271. The van der Waals surface area contributed by atoms with Gasteiger partial charge in [0.25, 0.3) is 5.91 Å². The third kappa shape index (κ3) is 5.21. The molecule has 0 spiro atoms. The minimum absolute atomic E-state index is 0. The SMILES string of the molecule is COC(=O)[C@H]1C[C@@H](CNC(=O)c2ccc(-c3cccc(C(=N)N)c3)cc2)N(C)C1=O.Cl. The molecular weight excluding hydrogens is 420 g/mol. The van der Waals surface area contributed by atoms with Crippen LogP contribution < -0.4 is 11.1 Å². The number of nitrogen functional groups attached to an aromatic ring is 1. The number of esters is 1. The second-order valence-electron chi connectivity index (χ2n) is 7.20. The number of nitrogens with zero attached hydrogens (tertiary/aromatic N) is 1. The Labute approximate surface area is 186 Å². The number of likely N-dealkylation sites (N-methyl/N-ethyl adjacent to an activating group) is 1. The molecule has 3 rings (SSSR count). The van der Waals surface area contributed by atoms with E-state index in [2.05, 4.69) is 10.1 Å². The molecule has 1 aliphatic heterocycles. The molecule has 4 N–H and O–H groups in total. The molecule has 1 fully saturated rings. The van der Waals surface area contributed by atoms with E-state index in [1.165, 1.54) is 12.0 Å². The Kier molecular flexibility index (Phi) is 7.77. The molecule has 0 aliphatic carbocycles. The number of amidine groups is 1. The van der Waals surface area contributed by atoms with Crippen molar-refractivity contribution in [1.82, 2.24) is 10.2 Å². The van der Waals surface area contributed by atoms with Crippen LogP contribution in [0.5, 0.6) is 0 Å². The summed E-state index contributed by atoms with van der Waals surface area (Å²) < 4.78 is 4.67. The second-order valence-corrected chi connectivity index (χ2v) is 7.20. The minimum Gasteiger partial charge on any atom is -0.468 e. The van der Waals surface area contributed by atoms with Crippen molar-refractivity contribution in [1.29, 1.82) is 5.41 Å². The van der Waals surface area contributed by atoms with E-state index < -0.39 is 11.9 Å². The van der Waals surface area contributed by atoms with Crippen LogP contribution in [-0.2, 0) is 14.3 Å². The predicted molar refractivity (Wildman–Crippen MR) is 119 cm³/mol. The molecular formula is C22H25ClN4O4. The fraction of sp³-hybridized carbons (Fsp3) is 0.273. The fourth-order valence-corrected chi connectivity index (χ4v) is 3.51. The number of likely N-dealkylation sites (tertiary alicyclic amines) is 1. The van der Waals surface area contributed by atoms with Crippen LogP contribution in [0.15, 0.2) is 48.5 Å². The molecule has 2 aromatic carbocycles. The Morgan fingerprint density at radius 1 is 1.16 bits per heavy atom. The van der Waals surface area contributed by atoms with Crippen LogP contribution in [0.2, 0.25) is 0 Å². The van der Waals surface area contributed by atoms with E-state index in [0.29, 0.717) is 17.5 Å². The first-order chi connectivity index (χ1) is 14.3. The first-order valence-corrected chi connectivity index (χ1v) is 9.49. The second kappa shape index (κ2) is 10.1. The Bertz CT molecular complexity index is 993. The normalized spacial score (nSPS) is 17.6. The van der Waals surface area contributed by atoms with Crippen molar-refractivity contribution in [3.8, 4) is 11.1 Å². The third-order valence-electron chi connectivity index (χ3n) is 5.34. The van der Waals surface area contributed by atoms with Gasteiger partial charge in [-0.2, -0.15) is 0 Å². The number of hydrogen-bond acceptors (Lipinski definition) is 5. The van der Waals surface area contributed by atoms with Crippen molar-refractivity contribution in [2.24, 2.45) is 11.7 Å². The summed E-state index contributed by atoms with van der Waals surface area (Å²) in [6.07, 6.45) is 0.313. The van der Waals surface area contributed by atoms with Gasteiger partial charge in [0.05, 0.1) is 13.2 Å². The smallest absolute Gasteiger partial charge is 0.318 e. The zero-order valence-electron chi connectivity index (χ0n) is 17.3. The summed E-state index contributed by atoms with van der Waals surface area (Å²) in [5.41, 5.74) is 8.46. The number of hydrogen-bond donors (Lipinski definition) is 3. The summed E-state index contributed by atoms with van der Waals surface area (Å²) in [4.78, 5) is 37.8. The number of carbonyl (C=O) groups is 3. The molecule has 0 bridgehead atoms. The number of amides is 2. The Morgan fingerprint density at radius 3 is 2.45 bits per heavy atom. The first kappa shape index (κ1) is 23.9. The lowest BCUT2D eigenvalue weighted by atomic mass is 10.0. The molecule has 2 atom stereocenters. The van der Waals surface area contributed by atoms with E-state index in [9.17, 15) is 14.4 Å². The molecule has 31 heavy (non-hydrogen) atoms. The van der Waals surface area contributed by atoms with Crippen LogP contribution in [0.4, 0.5) is 0 Å². The Balaban J connectivity index is 0.00000341. The number of rotatable bonds is 6. The summed E-state index contributed by atoms with van der Waals surface area (Å²) in [6.45, 7) is 0.247. The molecule has 1 aliphatic rings. The number of carbonyl (C=O) groups excluding carboxylic acids is 3. The maximum Gasteiger partial charge on any atom is 0.318 e. The third-order valence-corrected chi connectivity index (χ3v) is 5.34. The molecule has 9 heteroatoms. The number of nitrogens with two attached hydrogens (primary N) is 1. The van der Waals surface area contributed by atoms with Crippen molar-refractivity contribution >= 4 is 36.0 Å². The van der Waals surface area contributed by atoms with Gasteiger partial charge in [0.1, 0.15) is 11.8 Å².